The van der Waals surface area contributed by atoms with Crippen LogP contribution < -0.4 is 5.32 Å². The second-order valence-corrected chi connectivity index (χ2v) is 4.38. The number of nitrogens with one attached hydrogen (secondary N) is 1. The van der Waals surface area contributed by atoms with E-state index in [2.05, 4.69) is 39.0 Å². The van der Waals surface area contributed by atoms with Crippen LogP contribution in [0, 0.1) is 3.57 Å². The van der Waals surface area contributed by atoms with Gasteiger partial charge in [-0.25, -0.2) is 4.98 Å². The molecule has 0 saturated heterocycles. The zero-order valence-electron chi connectivity index (χ0n) is 6.76. The average Bonchev–Trinajstić information content (AvgIpc) is 1.97. The van der Waals surface area contributed by atoms with Crippen LogP contribution in [0.3, 0.4) is 0 Å². The molecule has 1 fully saturated rings. The third-order valence-corrected chi connectivity index (χ3v) is 2.85. The SMILES string of the molecule is Ic1ccnc(NC2CCC2)c1. The minimum Gasteiger partial charge on any atom is -0.367 e. The Morgan fingerprint density at radius 3 is 2.92 bits per heavy atom. The van der Waals surface area contributed by atoms with Crippen molar-refractivity contribution in [2.45, 2.75) is 25.3 Å². The molecule has 1 N–H and O–H groups in total. The molecule has 0 spiro atoms. The zero-order chi connectivity index (χ0) is 8.39. The van der Waals surface area contributed by atoms with Crippen LogP contribution in [-0.4, -0.2) is 11.0 Å². The summed E-state index contributed by atoms with van der Waals surface area (Å²) in [5, 5.41) is 3.40. The second-order valence-electron chi connectivity index (χ2n) is 3.13. The van der Waals surface area contributed by atoms with E-state index in [4.69, 9.17) is 0 Å². The Bertz CT molecular complexity index is 271. The van der Waals surface area contributed by atoms with Gasteiger partial charge < -0.3 is 5.32 Å². The maximum atomic E-state index is 4.25. The van der Waals surface area contributed by atoms with Crippen LogP contribution in [-0.2, 0) is 0 Å². The van der Waals surface area contributed by atoms with Crippen molar-refractivity contribution in [3.05, 3.63) is 21.9 Å². The monoisotopic (exact) mass is 274 g/mol. The molecule has 1 aliphatic rings. The van der Waals surface area contributed by atoms with Crippen LogP contribution in [0.4, 0.5) is 5.82 Å². The molecule has 1 saturated carbocycles. The van der Waals surface area contributed by atoms with Crippen LogP contribution >= 0.6 is 22.6 Å². The Hall–Kier alpha value is -0.320. The van der Waals surface area contributed by atoms with Gasteiger partial charge in [-0.05, 0) is 54.0 Å². The number of hydrogen-bond acceptors (Lipinski definition) is 2. The number of anilines is 1. The summed E-state index contributed by atoms with van der Waals surface area (Å²) < 4.78 is 1.24. The van der Waals surface area contributed by atoms with Crippen molar-refractivity contribution in [2.24, 2.45) is 0 Å². The third-order valence-electron chi connectivity index (χ3n) is 2.18. The molecular formula is C9H11IN2. The Labute approximate surface area is 85.9 Å². The molecule has 0 unspecified atom stereocenters. The van der Waals surface area contributed by atoms with Gasteiger partial charge in [0, 0.05) is 15.8 Å². The quantitative estimate of drug-likeness (QED) is 0.839. The molecule has 0 amide bonds. The van der Waals surface area contributed by atoms with E-state index in [-0.39, 0.29) is 0 Å². The summed E-state index contributed by atoms with van der Waals surface area (Å²) >= 11 is 2.30. The lowest BCUT2D eigenvalue weighted by molar-refractivity contribution is 0.444. The first-order chi connectivity index (χ1) is 5.84. The highest BCUT2D eigenvalue weighted by molar-refractivity contribution is 14.1. The van der Waals surface area contributed by atoms with Crippen molar-refractivity contribution < 1.29 is 0 Å². The molecule has 0 aliphatic heterocycles. The first-order valence-electron chi connectivity index (χ1n) is 4.23. The predicted molar refractivity (Wildman–Crippen MR) is 58.2 cm³/mol. The van der Waals surface area contributed by atoms with Gasteiger partial charge in [-0.3, -0.25) is 0 Å². The molecule has 0 aromatic carbocycles. The van der Waals surface area contributed by atoms with Crippen molar-refractivity contribution >= 4 is 28.4 Å². The molecule has 0 atom stereocenters. The smallest absolute Gasteiger partial charge is 0.127 e. The van der Waals surface area contributed by atoms with E-state index >= 15 is 0 Å². The van der Waals surface area contributed by atoms with E-state index in [9.17, 15) is 0 Å². The fourth-order valence-electron chi connectivity index (χ4n) is 1.25. The van der Waals surface area contributed by atoms with Crippen molar-refractivity contribution in [2.75, 3.05) is 5.32 Å². The summed E-state index contributed by atoms with van der Waals surface area (Å²) in [6.45, 7) is 0. The van der Waals surface area contributed by atoms with Crippen molar-refractivity contribution in [1.82, 2.24) is 4.98 Å². The number of pyridine rings is 1. The summed E-state index contributed by atoms with van der Waals surface area (Å²) in [6.07, 6.45) is 5.81. The number of aromatic nitrogens is 1. The summed E-state index contributed by atoms with van der Waals surface area (Å²) in [6, 6.07) is 4.77. The van der Waals surface area contributed by atoms with Crippen LogP contribution in [0.2, 0.25) is 0 Å². The highest BCUT2D eigenvalue weighted by atomic mass is 127. The Morgan fingerprint density at radius 1 is 1.50 bits per heavy atom. The molecule has 1 aromatic rings. The Morgan fingerprint density at radius 2 is 2.33 bits per heavy atom. The van der Waals surface area contributed by atoms with Crippen LogP contribution in [0.1, 0.15) is 19.3 Å². The zero-order valence-corrected chi connectivity index (χ0v) is 8.91. The van der Waals surface area contributed by atoms with Gasteiger partial charge in [0.1, 0.15) is 5.82 Å². The highest BCUT2D eigenvalue weighted by Crippen LogP contribution is 2.22. The maximum Gasteiger partial charge on any atom is 0.127 e. The number of hydrogen-bond donors (Lipinski definition) is 1. The van der Waals surface area contributed by atoms with E-state index in [1.807, 2.05) is 12.3 Å². The average molecular weight is 274 g/mol. The fraction of sp³-hybridized carbons (Fsp3) is 0.444. The van der Waals surface area contributed by atoms with Gasteiger partial charge in [0.05, 0.1) is 0 Å². The first-order valence-corrected chi connectivity index (χ1v) is 5.30. The lowest BCUT2D eigenvalue weighted by Crippen LogP contribution is -2.27. The molecule has 2 nitrogen and oxygen atoms in total. The van der Waals surface area contributed by atoms with Crippen LogP contribution in [0.25, 0.3) is 0 Å². The van der Waals surface area contributed by atoms with Crippen LogP contribution in [0.5, 0.6) is 0 Å². The fourth-order valence-corrected chi connectivity index (χ4v) is 1.70. The molecule has 0 bridgehead atoms. The number of rotatable bonds is 2. The number of halogens is 1. The van der Waals surface area contributed by atoms with E-state index in [1.165, 1.54) is 22.8 Å². The third kappa shape index (κ3) is 1.88. The minimum absolute atomic E-state index is 0.677. The van der Waals surface area contributed by atoms with Gasteiger partial charge >= 0.3 is 0 Å². The maximum absolute atomic E-state index is 4.25. The van der Waals surface area contributed by atoms with Crippen molar-refractivity contribution in [1.29, 1.82) is 0 Å². The predicted octanol–water partition coefficient (Wildman–Crippen LogP) is 2.65. The van der Waals surface area contributed by atoms with Gasteiger partial charge in [0.15, 0.2) is 0 Å². The molecule has 1 aliphatic carbocycles. The van der Waals surface area contributed by atoms with Gasteiger partial charge in [-0.2, -0.15) is 0 Å². The molecule has 1 heterocycles. The summed E-state index contributed by atoms with van der Waals surface area (Å²) in [5.74, 6) is 1.02. The van der Waals surface area contributed by atoms with Gasteiger partial charge in [-0.1, -0.05) is 0 Å². The molecule has 3 heteroatoms. The lowest BCUT2D eigenvalue weighted by Gasteiger charge is -2.26. The molecule has 64 valence electrons. The summed E-state index contributed by atoms with van der Waals surface area (Å²) in [4.78, 5) is 4.25. The van der Waals surface area contributed by atoms with E-state index < -0.39 is 0 Å². The normalized spacial score (nSPS) is 17.1. The number of nitrogens with zero attached hydrogens (tertiary/aromatic N) is 1. The Balaban J connectivity index is 2.02. The summed E-state index contributed by atoms with van der Waals surface area (Å²) in [5.41, 5.74) is 0. The Kier molecular flexibility index (Phi) is 2.48. The van der Waals surface area contributed by atoms with E-state index in [0.717, 1.165) is 5.82 Å². The molecule has 1 aromatic heterocycles. The van der Waals surface area contributed by atoms with Gasteiger partial charge in [-0.15, -0.1) is 0 Å². The van der Waals surface area contributed by atoms with Crippen LogP contribution in [0.15, 0.2) is 18.3 Å². The largest absolute Gasteiger partial charge is 0.367 e. The molecule has 0 radical (unpaired) electrons. The molecule has 2 rings (SSSR count). The molecule has 12 heavy (non-hydrogen) atoms. The standard InChI is InChI=1S/C9H11IN2/c10-7-4-5-11-9(6-7)12-8-2-1-3-8/h4-6,8H,1-3H2,(H,11,12). The van der Waals surface area contributed by atoms with Gasteiger partial charge in [0.2, 0.25) is 0 Å². The highest BCUT2D eigenvalue weighted by Gasteiger charge is 2.16. The topological polar surface area (TPSA) is 24.9 Å². The second kappa shape index (κ2) is 3.60. The van der Waals surface area contributed by atoms with Crippen molar-refractivity contribution in [3.63, 3.8) is 0 Å². The van der Waals surface area contributed by atoms with Gasteiger partial charge in [0.25, 0.3) is 0 Å². The summed E-state index contributed by atoms with van der Waals surface area (Å²) in [7, 11) is 0. The van der Waals surface area contributed by atoms with E-state index in [1.54, 1.807) is 0 Å². The molecular weight excluding hydrogens is 263 g/mol. The first kappa shape index (κ1) is 8.29. The minimum atomic E-state index is 0.677. The van der Waals surface area contributed by atoms with Crippen molar-refractivity contribution in [3.8, 4) is 0 Å². The van der Waals surface area contributed by atoms with E-state index in [0.29, 0.717) is 6.04 Å². The lowest BCUT2D eigenvalue weighted by atomic mass is 9.93.